The summed E-state index contributed by atoms with van der Waals surface area (Å²) in [6, 6.07) is 17.6. The third-order valence-corrected chi connectivity index (χ3v) is 7.89. The number of aromatic nitrogens is 2. The van der Waals surface area contributed by atoms with Gasteiger partial charge in [-0.1, -0.05) is 59.6 Å². The van der Waals surface area contributed by atoms with Crippen LogP contribution in [0, 0.1) is 0 Å². The van der Waals surface area contributed by atoms with Gasteiger partial charge in [-0.05, 0) is 48.4 Å². The Labute approximate surface area is 213 Å². The van der Waals surface area contributed by atoms with Crippen LogP contribution in [0.5, 0.6) is 0 Å². The van der Waals surface area contributed by atoms with E-state index >= 15 is 0 Å². The fourth-order valence-corrected chi connectivity index (χ4v) is 5.35. The number of sulfone groups is 1. The van der Waals surface area contributed by atoms with E-state index in [1.165, 1.54) is 12.1 Å². The predicted octanol–water partition coefficient (Wildman–Crippen LogP) is 6.24. The maximum Gasteiger partial charge on any atom is 0.319 e. The number of H-pyrrole nitrogens is 1. The van der Waals surface area contributed by atoms with Crippen LogP contribution in [0.2, 0.25) is 10.0 Å². The molecule has 10 heteroatoms. The smallest absolute Gasteiger partial charge is 0.319 e. The summed E-state index contributed by atoms with van der Waals surface area (Å²) in [5.41, 5.74) is 2.67. The molecule has 0 radical (unpaired) electrons. The number of imidazole rings is 1. The zero-order valence-corrected chi connectivity index (χ0v) is 21.0. The maximum absolute atomic E-state index is 12.9. The predicted molar refractivity (Wildman–Crippen MR) is 138 cm³/mol. The Kier molecular flexibility index (Phi) is 7.45. The number of carbonyl (C=O) groups excluding carboxylic acids is 1. The van der Waals surface area contributed by atoms with Gasteiger partial charge in [-0.15, -0.1) is 0 Å². The minimum Gasteiger partial charge on any atom is -0.345 e. The fourth-order valence-electron chi connectivity index (χ4n) is 3.53. The average Bonchev–Trinajstić information content (AvgIpc) is 3.36. The van der Waals surface area contributed by atoms with E-state index in [0.29, 0.717) is 26.9 Å². The zero-order chi connectivity index (χ0) is 25.0. The van der Waals surface area contributed by atoms with Crippen LogP contribution < -0.4 is 10.6 Å². The average molecular weight is 529 g/mol. The molecule has 3 aromatic carbocycles. The van der Waals surface area contributed by atoms with Crippen molar-refractivity contribution in [3.63, 3.8) is 0 Å². The van der Waals surface area contributed by atoms with Gasteiger partial charge in [-0.3, -0.25) is 0 Å². The molecule has 2 amide bonds. The molecule has 0 aliphatic carbocycles. The molecule has 0 aliphatic rings. The molecule has 0 spiro atoms. The van der Waals surface area contributed by atoms with Crippen molar-refractivity contribution >= 4 is 44.8 Å². The lowest BCUT2D eigenvalue weighted by molar-refractivity contribution is 0.249. The second-order valence-corrected chi connectivity index (χ2v) is 10.7. The van der Waals surface area contributed by atoms with Crippen LogP contribution in [0.3, 0.4) is 0 Å². The molecule has 3 N–H and O–H groups in total. The molecule has 1 atom stereocenters. The van der Waals surface area contributed by atoms with E-state index in [-0.39, 0.29) is 16.7 Å². The standard InChI is InChI=1S/C25H22Cl2N4O3S/c1-16(21-3-2-4-22(26)23(21)27)30-25(32)31-19-9-11-20(12-10-19)35(33,34)15-17-5-7-18(8-6-17)24-28-13-14-29-24/h2-14,16H,15H2,1H3,(H,28,29)(H2,30,31,32)/t16-/m0/s1. The summed E-state index contributed by atoms with van der Waals surface area (Å²) in [6.07, 6.45) is 3.39. The normalized spacial score (nSPS) is 12.2. The molecule has 1 heterocycles. The van der Waals surface area contributed by atoms with E-state index in [0.717, 1.165) is 11.4 Å². The minimum atomic E-state index is -3.57. The van der Waals surface area contributed by atoms with Gasteiger partial charge < -0.3 is 15.6 Å². The Hall–Kier alpha value is -3.33. The highest BCUT2D eigenvalue weighted by Crippen LogP contribution is 2.30. The first-order valence-corrected chi connectivity index (χ1v) is 13.1. The summed E-state index contributed by atoms with van der Waals surface area (Å²) in [7, 11) is -3.57. The third kappa shape index (κ3) is 6.03. The fraction of sp³-hybridized carbons (Fsp3) is 0.120. The van der Waals surface area contributed by atoms with Crippen molar-refractivity contribution in [1.82, 2.24) is 15.3 Å². The van der Waals surface area contributed by atoms with E-state index in [1.807, 2.05) is 12.1 Å². The van der Waals surface area contributed by atoms with Crippen molar-refractivity contribution in [2.24, 2.45) is 0 Å². The number of halogens is 2. The molecular formula is C25H22Cl2N4O3S. The van der Waals surface area contributed by atoms with Gasteiger partial charge in [0, 0.05) is 23.6 Å². The van der Waals surface area contributed by atoms with Crippen LogP contribution in [0.1, 0.15) is 24.1 Å². The van der Waals surface area contributed by atoms with Crippen molar-refractivity contribution in [3.8, 4) is 11.4 Å². The number of anilines is 1. The first kappa shape index (κ1) is 24.8. The number of benzene rings is 3. The van der Waals surface area contributed by atoms with Crippen LogP contribution in [-0.4, -0.2) is 24.4 Å². The highest BCUT2D eigenvalue weighted by Gasteiger charge is 2.17. The number of urea groups is 1. The van der Waals surface area contributed by atoms with Gasteiger partial charge >= 0.3 is 6.03 Å². The molecule has 4 rings (SSSR count). The molecule has 7 nitrogen and oxygen atoms in total. The number of aromatic amines is 1. The van der Waals surface area contributed by atoms with Gasteiger partial charge in [-0.25, -0.2) is 18.2 Å². The summed E-state index contributed by atoms with van der Waals surface area (Å²) in [5.74, 6) is 0.577. The lowest BCUT2D eigenvalue weighted by atomic mass is 10.1. The van der Waals surface area contributed by atoms with Crippen molar-refractivity contribution in [2.45, 2.75) is 23.6 Å². The van der Waals surface area contributed by atoms with Gasteiger partial charge in [-0.2, -0.15) is 0 Å². The van der Waals surface area contributed by atoms with Gasteiger partial charge in [0.1, 0.15) is 5.82 Å². The Morgan fingerprint density at radius 1 is 1.03 bits per heavy atom. The van der Waals surface area contributed by atoms with Crippen molar-refractivity contribution in [3.05, 3.63) is 100 Å². The summed E-state index contributed by atoms with van der Waals surface area (Å²) in [4.78, 5) is 19.8. The van der Waals surface area contributed by atoms with Crippen molar-refractivity contribution in [2.75, 3.05) is 5.32 Å². The molecule has 1 aromatic heterocycles. The largest absolute Gasteiger partial charge is 0.345 e. The monoisotopic (exact) mass is 528 g/mol. The number of hydrogen-bond donors (Lipinski definition) is 3. The third-order valence-electron chi connectivity index (χ3n) is 5.35. The molecule has 180 valence electrons. The molecule has 0 fully saturated rings. The van der Waals surface area contributed by atoms with E-state index in [9.17, 15) is 13.2 Å². The lowest BCUT2D eigenvalue weighted by Crippen LogP contribution is -2.31. The Balaban J connectivity index is 1.37. The SMILES string of the molecule is C[C@H](NC(=O)Nc1ccc(S(=O)(=O)Cc2ccc(-c3ncc[nH]3)cc2)cc1)c1cccc(Cl)c1Cl. The van der Waals surface area contributed by atoms with Gasteiger partial charge in [0.2, 0.25) is 0 Å². The number of rotatable bonds is 7. The lowest BCUT2D eigenvalue weighted by Gasteiger charge is -2.17. The number of nitrogens with zero attached hydrogens (tertiary/aromatic N) is 1. The number of amides is 2. The summed E-state index contributed by atoms with van der Waals surface area (Å²) in [5, 5.41) is 6.27. The molecule has 35 heavy (non-hydrogen) atoms. The molecule has 0 unspecified atom stereocenters. The maximum atomic E-state index is 12.9. The number of carbonyl (C=O) groups is 1. The molecular weight excluding hydrogens is 507 g/mol. The molecule has 0 bridgehead atoms. The van der Waals surface area contributed by atoms with Crippen molar-refractivity contribution in [1.29, 1.82) is 0 Å². The highest BCUT2D eigenvalue weighted by molar-refractivity contribution is 7.90. The van der Waals surface area contributed by atoms with E-state index in [1.54, 1.807) is 61.8 Å². The number of hydrogen-bond acceptors (Lipinski definition) is 4. The summed E-state index contributed by atoms with van der Waals surface area (Å²) < 4.78 is 25.7. The molecule has 4 aromatic rings. The van der Waals surface area contributed by atoms with Gasteiger partial charge in [0.05, 0.1) is 26.7 Å². The van der Waals surface area contributed by atoms with Crippen LogP contribution in [0.25, 0.3) is 11.4 Å². The van der Waals surface area contributed by atoms with Crippen molar-refractivity contribution < 1.29 is 13.2 Å². The number of nitrogens with one attached hydrogen (secondary N) is 3. The first-order chi connectivity index (χ1) is 16.7. The van der Waals surface area contributed by atoms with E-state index < -0.39 is 15.9 Å². The van der Waals surface area contributed by atoms with Gasteiger partial charge in [0.25, 0.3) is 0 Å². The highest BCUT2D eigenvalue weighted by atomic mass is 35.5. The molecule has 0 saturated heterocycles. The van der Waals surface area contributed by atoms with E-state index in [2.05, 4.69) is 20.6 Å². The van der Waals surface area contributed by atoms with Crippen LogP contribution in [-0.2, 0) is 15.6 Å². The van der Waals surface area contributed by atoms with E-state index in [4.69, 9.17) is 23.2 Å². The second kappa shape index (κ2) is 10.5. The Morgan fingerprint density at radius 2 is 1.74 bits per heavy atom. The van der Waals surface area contributed by atoms with Crippen LogP contribution in [0.4, 0.5) is 10.5 Å². The Bertz CT molecular complexity index is 1420. The quantitative estimate of drug-likeness (QED) is 0.264. The molecule has 0 aliphatic heterocycles. The second-order valence-electron chi connectivity index (χ2n) is 7.88. The van der Waals surface area contributed by atoms with Crippen LogP contribution >= 0.6 is 23.2 Å². The minimum absolute atomic E-state index is 0.142. The Morgan fingerprint density at radius 3 is 2.40 bits per heavy atom. The summed E-state index contributed by atoms with van der Waals surface area (Å²) in [6.45, 7) is 1.79. The molecule has 0 saturated carbocycles. The summed E-state index contributed by atoms with van der Waals surface area (Å²) >= 11 is 12.3. The zero-order valence-electron chi connectivity index (χ0n) is 18.6. The van der Waals surface area contributed by atoms with Gasteiger partial charge in [0.15, 0.2) is 9.84 Å². The van der Waals surface area contributed by atoms with Crippen LogP contribution in [0.15, 0.2) is 84.0 Å². The first-order valence-electron chi connectivity index (χ1n) is 10.7. The topological polar surface area (TPSA) is 104 Å².